The Balaban J connectivity index is 1.80. The molecule has 4 rings (SSSR count). The lowest BCUT2D eigenvalue weighted by molar-refractivity contribution is 0.0585. The molecule has 0 amide bonds. The molecule has 0 fully saturated rings. The van der Waals surface area contributed by atoms with Crippen LogP contribution in [0.5, 0.6) is 0 Å². The van der Waals surface area contributed by atoms with E-state index in [0.29, 0.717) is 22.4 Å². The number of aromatic nitrogens is 3. The molecule has 0 saturated carbocycles. The van der Waals surface area contributed by atoms with Gasteiger partial charge in [0.05, 0.1) is 42.2 Å². The average molecular weight is 471 g/mol. The van der Waals surface area contributed by atoms with Crippen LogP contribution < -0.4 is 5.56 Å². The summed E-state index contributed by atoms with van der Waals surface area (Å²) in [4.78, 5) is 16.9. The van der Waals surface area contributed by atoms with Gasteiger partial charge in [-0.2, -0.15) is 10.5 Å². The Morgan fingerprint density at radius 2 is 1.77 bits per heavy atom. The molecular weight excluding hydrogens is 452 g/mol. The van der Waals surface area contributed by atoms with Crippen LogP contribution in [-0.4, -0.2) is 14.1 Å². The fourth-order valence-electron chi connectivity index (χ4n) is 3.81. The van der Waals surface area contributed by atoms with Crippen molar-refractivity contribution < 1.29 is 13.5 Å². The minimum Gasteiger partial charge on any atom is -0.361 e. The molecule has 0 bridgehead atoms. The Bertz CT molecular complexity index is 1540. The third-order valence-corrected chi connectivity index (χ3v) is 5.74. The van der Waals surface area contributed by atoms with Gasteiger partial charge in [-0.05, 0) is 41.5 Å². The largest absolute Gasteiger partial charge is 0.361 e. The zero-order valence-electron chi connectivity index (χ0n) is 18.9. The summed E-state index contributed by atoms with van der Waals surface area (Å²) in [6.07, 6.45) is 2.66. The highest BCUT2D eigenvalue weighted by molar-refractivity contribution is 5.67. The van der Waals surface area contributed by atoms with E-state index in [1.165, 1.54) is 23.7 Å². The highest BCUT2D eigenvalue weighted by Gasteiger charge is 2.22. The Morgan fingerprint density at radius 3 is 2.37 bits per heavy atom. The van der Waals surface area contributed by atoms with Crippen molar-refractivity contribution in [2.45, 2.75) is 12.7 Å². The number of benzene rings is 2. The normalized spacial score (nSPS) is 11.6. The Kier molecular flexibility index (Phi) is 6.54. The highest BCUT2D eigenvalue weighted by Crippen LogP contribution is 2.30. The number of imidazole rings is 1. The number of nitriles is 2. The second kappa shape index (κ2) is 9.72. The van der Waals surface area contributed by atoms with E-state index in [1.807, 2.05) is 13.1 Å². The molecule has 0 aliphatic rings. The van der Waals surface area contributed by atoms with Crippen LogP contribution >= 0.6 is 0 Å². The van der Waals surface area contributed by atoms with E-state index >= 15 is 0 Å². The molecule has 0 N–H and O–H groups in total. The molecule has 7 nitrogen and oxygen atoms in total. The van der Waals surface area contributed by atoms with E-state index in [0.717, 1.165) is 23.4 Å². The van der Waals surface area contributed by atoms with Crippen molar-refractivity contribution in [3.05, 3.63) is 111 Å². The van der Waals surface area contributed by atoms with Gasteiger partial charge in [-0.15, -0.1) is 0 Å². The van der Waals surface area contributed by atoms with E-state index in [9.17, 15) is 18.8 Å². The zero-order valence-corrected chi connectivity index (χ0v) is 18.9. The minimum atomic E-state index is -1.05. The van der Waals surface area contributed by atoms with Crippen LogP contribution in [0.1, 0.15) is 34.2 Å². The summed E-state index contributed by atoms with van der Waals surface area (Å²) in [5.74, 6) is -2.05. The molecule has 0 aliphatic carbocycles. The van der Waals surface area contributed by atoms with Crippen LogP contribution in [0.4, 0.5) is 8.78 Å². The van der Waals surface area contributed by atoms with Gasteiger partial charge in [0.15, 0.2) is 11.6 Å². The highest BCUT2D eigenvalue weighted by atomic mass is 19.2. The lowest BCUT2D eigenvalue weighted by Gasteiger charge is -2.22. The first-order chi connectivity index (χ1) is 16.8. The van der Waals surface area contributed by atoms with Crippen molar-refractivity contribution in [2.75, 3.05) is 0 Å². The molecule has 2 aromatic heterocycles. The van der Waals surface area contributed by atoms with Gasteiger partial charge in [0.1, 0.15) is 17.7 Å². The Hall–Kier alpha value is -4.60. The van der Waals surface area contributed by atoms with E-state index in [4.69, 9.17) is 10.00 Å². The predicted molar refractivity (Wildman–Crippen MR) is 123 cm³/mol. The third kappa shape index (κ3) is 4.58. The molecule has 4 aromatic rings. The first-order valence-corrected chi connectivity index (χ1v) is 10.5. The molecule has 0 aliphatic heterocycles. The second-order valence-corrected chi connectivity index (χ2v) is 7.88. The lowest BCUT2D eigenvalue weighted by atomic mass is 10.0. The van der Waals surface area contributed by atoms with Gasteiger partial charge in [0, 0.05) is 19.7 Å². The van der Waals surface area contributed by atoms with Crippen LogP contribution in [0.15, 0.2) is 65.8 Å². The van der Waals surface area contributed by atoms with Crippen molar-refractivity contribution in [1.29, 1.82) is 10.5 Å². The standard InChI is InChI=1S/C26H19F2N5O2/c1-32-15-31-13-23(32)25(17-5-3-16(11-29)4-6-17)35-14-24-20(9-19(12-30)26(34)33(24)2)18-7-8-21(27)22(28)10-18/h3-10,13,15,25H,14H2,1-2H3. The minimum absolute atomic E-state index is 0.0956. The van der Waals surface area contributed by atoms with Crippen LogP contribution in [-0.2, 0) is 25.4 Å². The molecular formula is C26H19F2N5O2. The second-order valence-electron chi connectivity index (χ2n) is 7.88. The molecule has 174 valence electrons. The first-order valence-electron chi connectivity index (χ1n) is 10.5. The third-order valence-electron chi connectivity index (χ3n) is 5.74. The molecule has 0 spiro atoms. The van der Waals surface area contributed by atoms with E-state index in [2.05, 4.69) is 11.1 Å². The number of aryl methyl sites for hydroxylation is 1. The fourth-order valence-corrected chi connectivity index (χ4v) is 3.81. The summed E-state index contributed by atoms with van der Waals surface area (Å²) in [5.41, 5.74) is 2.34. The quantitative estimate of drug-likeness (QED) is 0.422. The van der Waals surface area contributed by atoms with Gasteiger partial charge in [0.2, 0.25) is 0 Å². The van der Waals surface area contributed by atoms with Crippen molar-refractivity contribution in [2.24, 2.45) is 14.1 Å². The lowest BCUT2D eigenvalue weighted by Crippen LogP contribution is -2.25. The van der Waals surface area contributed by atoms with Gasteiger partial charge in [0.25, 0.3) is 5.56 Å². The smallest absolute Gasteiger partial charge is 0.268 e. The van der Waals surface area contributed by atoms with Crippen molar-refractivity contribution in [3.63, 3.8) is 0 Å². The predicted octanol–water partition coefficient (Wildman–Crippen LogP) is 4.11. The number of rotatable bonds is 6. The molecule has 2 aromatic carbocycles. The Morgan fingerprint density at radius 1 is 1.03 bits per heavy atom. The average Bonchev–Trinajstić information content (AvgIpc) is 3.29. The molecule has 1 atom stereocenters. The summed E-state index contributed by atoms with van der Waals surface area (Å²) < 4.78 is 36.9. The maximum absolute atomic E-state index is 14.0. The number of halogens is 2. The number of hydrogen-bond donors (Lipinski definition) is 0. The van der Waals surface area contributed by atoms with E-state index < -0.39 is 23.3 Å². The van der Waals surface area contributed by atoms with E-state index in [-0.39, 0.29) is 12.2 Å². The van der Waals surface area contributed by atoms with Gasteiger partial charge in [-0.1, -0.05) is 18.2 Å². The van der Waals surface area contributed by atoms with Gasteiger partial charge in [-0.25, -0.2) is 13.8 Å². The summed E-state index contributed by atoms with van der Waals surface area (Å²) >= 11 is 0. The summed E-state index contributed by atoms with van der Waals surface area (Å²) in [6.45, 7) is -0.0956. The molecule has 9 heteroatoms. The summed E-state index contributed by atoms with van der Waals surface area (Å²) in [5, 5.41) is 18.5. The summed E-state index contributed by atoms with van der Waals surface area (Å²) in [7, 11) is 3.30. The van der Waals surface area contributed by atoms with E-state index in [1.54, 1.807) is 41.4 Å². The maximum atomic E-state index is 14.0. The Labute approximate surface area is 199 Å². The zero-order chi connectivity index (χ0) is 25.1. The maximum Gasteiger partial charge on any atom is 0.268 e. The van der Waals surface area contributed by atoms with Crippen LogP contribution in [0.3, 0.4) is 0 Å². The molecule has 2 heterocycles. The van der Waals surface area contributed by atoms with Crippen LogP contribution in [0, 0.1) is 34.3 Å². The first kappa shape index (κ1) is 23.6. The van der Waals surface area contributed by atoms with Crippen molar-refractivity contribution >= 4 is 0 Å². The van der Waals surface area contributed by atoms with Crippen molar-refractivity contribution in [1.82, 2.24) is 14.1 Å². The summed E-state index contributed by atoms with van der Waals surface area (Å²) in [6, 6.07) is 15.5. The number of hydrogen-bond acceptors (Lipinski definition) is 5. The van der Waals surface area contributed by atoms with Gasteiger partial charge >= 0.3 is 0 Å². The molecule has 35 heavy (non-hydrogen) atoms. The number of pyridine rings is 1. The van der Waals surface area contributed by atoms with Crippen LogP contribution in [0.2, 0.25) is 0 Å². The molecule has 0 saturated heterocycles. The molecule has 1 unspecified atom stereocenters. The van der Waals surface area contributed by atoms with Crippen LogP contribution in [0.25, 0.3) is 11.1 Å². The fraction of sp³-hybridized carbons (Fsp3) is 0.154. The monoisotopic (exact) mass is 471 g/mol. The number of nitrogens with zero attached hydrogens (tertiary/aromatic N) is 5. The van der Waals surface area contributed by atoms with Gasteiger partial charge in [-0.3, -0.25) is 4.79 Å². The molecule has 0 radical (unpaired) electrons. The number of ether oxygens (including phenoxy) is 1. The van der Waals surface area contributed by atoms with Gasteiger partial charge < -0.3 is 13.9 Å². The SMILES string of the molecule is Cn1cncc1C(OCc1c(-c2ccc(F)c(F)c2)cc(C#N)c(=O)n1C)c1ccc(C#N)cc1. The topological polar surface area (TPSA) is 96.6 Å². The van der Waals surface area contributed by atoms with Crippen molar-refractivity contribution in [3.8, 4) is 23.3 Å².